The lowest BCUT2D eigenvalue weighted by molar-refractivity contribution is 0.293. The van der Waals surface area contributed by atoms with Gasteiger partial charge in [0.2, 0.25) is 0 Å². The van der Waals surface area contributed by atoms with Crippen molar-refractivity contribution in [2.75, 3.05) is 13.2 Å². The molecule has 1 atom stereocenters. The molecule has 0 fully saturated rings. The number of benzene rings is 3. The lowest BCUT2D eigenvalue weighted by atomic mass is 9.93. The Kier molecular flexibility index (Phi) is 5.03. The summed E-state index contributed by atoms with van der Waals surface area (Å²) in [6.45, 7) is 1.42. The topological polar surface area (TPSA) is 35.2 Å². The monoisotopic (exact) mass is 343 g/mol. The van der Waals surface area contributed by atoms with E-state index >= 15 is 0 Å². The average molecular weight is 343 g/mol. The zero-order valence-electron chi connectivity index (χ0n) is 15.0. The number of hydrogen-bond donors (Lipinski definition) is 1. The molecule has 0 bridgehead atoms. The minimum absolute atomic E-state index is 0.454. The van der Waals surface area contributed by atoms with Crippen LogP contribution in [0.2, 0.25) is 0 Å². The summed E-state index contributed by atoms with van der Waals surface area (Å²) >= 11 is 0. The molecule has 2 nitrogen and oxygen atoms in total. The molecule has 3 aromatic carbocycles. The molecule has 26 heavy (non-hydrogen) atoms. The van der Waals surface area contributed by atoms with Gasteiger partial charge in [-0.2, -0.15) is 0 Å². The molecular formula is C24H25NO. The molecule has 0 spiro atoms. The van der Waals surface area contributed by atoms with E-state index in [1.165, 1.54) is 27.8 Å². The van der Waals surface area contributed by atoms with Crippen molar-refractivity contribution < 1.29 is 4.74 Å². The van der Waals surface area contributed by atoms with Crippen LogP contribution in [0.5, 0.6) is 5.75 Å². The molecule has 2 N–H and O–H groups in total. The number of rotatable bonds is 7. The van der Waals surface area contributed by atoms with Gasteiger partial charge in [-0.05, 0) is 53.6 Å². The van der Waals surface area contributed by atoms with Gasteiger partial charge < -0.3 is 10.5 Å². The van der Waals surface area contributed by atoms with E-state index in [1.807, 2.05) is 0 Å². The Morgan fingerprint density at radius 1 is 0.808 bits per heavy atom. The van der Waals surface area contributed by atoms with Crippen LogP contribution in [0.1, 0.15) is 35.4 Å². The maximum absolute atomic E-state index is 6.24. The van der Waals surface area contributed by atoms with Crippen LogP contribution in [-0.2, 0) is 6.42 Å². The van der Waals surface area contributed by atoms with Crippen molar-refractivity contribution >= 4 is 0 Å². The Morgan fingerprint density at radius 3 is 2.42 bits per heavy atom. The lowest BCUT2D eigenvalue weighted by Gasteiger charge is -2.18. The van der Waals surface area contributed by atoms with Gasteiger partial charge in [-0.1, -0.05) is 66.7 Å². The molecule has 1 unspecified atom stereocenters. The fourth-order valence-corrected chi connectivity index (χ4v) is 3.98. The fourth-order valence-electron chi connectivity index (χ4n) is 3.98. The van der Waals surface area contributed by atoms with Crippen LogP contribution in [0.25, 0.3) is 11.1 Å². The Morgan fingerprint density at radius 2 is 1.58 bits per heavy atom. The molecule has 1 aliphatic carbocycles. The third-order valence-electron chi connectivity index (χ3n) is 5.32. The zero-order chi connectivity index (χ0) is 17.8. The first-order chi connectivity index (χ1) is 12.9. The first kappa shape index (κ1) is 16.9. The second kappa shape index (κ2) is 7.76. The summed E-state index contributed by atoms with van der Waals surface area (Å²) in [5.74, 6) is 1.48. The van der Waals surface area contributed by atoms with E-state index in [0.29, 0.717) is 19.1 Å². The van der Waals surface area contributed by atoms with E-state index in [9.17, 15) is 0 Å². The van der Waals surface area contributed by atoms with Crippen LogP contribution < -0.4 is 10.5 Å². The first-order valence-electron chi connectivity index (χ1n) is 9.45. The molecule has 0 amide bonds. The summed E-state index contributed by atoms with van der Waals surface area (Å²) in [5, 5.41) is 0. The third kappa shape index (κ3) is 3.38. The molecule has 0 aliphatic heterocycles. The smallest absolute Gasteiger partial charge is 0.123 e. The van der Waals surface area contributed by atoms with Gasteiger partial charge in [-0.3, -0.25) is 0 Å². The Hall–Kier alpha value is -2.58. The van der Waals surface area contributed by atoms with Gasteiger partial charge in [0.15, 0.2) is 0 Å². The number of fused-ring (bicyclic) bond motifs is 3. The molecule has 0 saturated heterocycles. The van der Waals surface area contributed by atoms with E-state index in [-0.39, 0.29) is 0 Å². The van der Waals surface area contributed by atoms with E-state index in [4.69, 9.17) is 10.5 Å². The molecule has 2 heteroatoms. The fraction of sp³-hybridized carbons (Fsp3) is 0.250. The highest BCUT2D eigenvalue weighted by Gasteiger charge is 2.21. The minimum atomic E-state index is 0.454. The van der Waals surface area contributed by atoms with E-state index in [1.54, 1.807) is 0 Å². The van der Waals surface area contributed by atoms with Gasteiger partial charge in [-0.15, -0.1) is 0 Å². The van der Waals surface area contributed by atoms with Gasteiger partial charge >= 0.3 is 0 Å². The highest BCUT2D eigenvalue weighted by atomic mass is 16.5. The molecule has 3 aromatic rings. The summed E-state index contributed by atoms with van der Waals surface area (Å²) in [6.07, 6.45) is 2.94. The largest absolute Gasteiger partial charge is 0.493 e. The molecule has 0 saturated carbocycles. The Labute approximate surface area is 155 Å². The van der Waals surface area contributed by atoms with E-state index in [0.717, 1.165) is 25.0 Å². The first-order valence-corrected chi connectivity index (χ1v) is 9.45. The average Bonchev–Trinajstić information content (AvgIpc) is 3.08. The summed E-state index contributed by atoms with van der Waals surface area (Å²) in [6, 6.07) is 25.7. The van der Waals surface area contributed by atoms with Crippen molar-refractivity contribution in [1.82, 2.24) is 0 Å². The van der Waals surface area contributed by atoms with Gasteiger partial charge in [0.1, 0.15) is 5.75 Å². The summed E-state index contributed by atoms with van der Waals surface area (Å²) < 4.78 is 6.24. The number of nitrogens with two attached hydrogens (primary N) is 1. The van der Waals surface area contributed by atoms with Gasteiger partial charge in [0, 0.05) is 12.0 Å². The standard InChI is InChI=1S/C24H25NO/c25-15-13-19(18-7-2-1-3-8-18)14-16-26-24-12-6-11-22-21-10-5-4-9-20(21)17-23(22)24/h1-12,19H,13-17,25H2. The third-order valence-corrected chi connectivity index (χ3v) is 5.32. The van der Waals surface area contributed by atoms with Gasteiger partial charge in [0.05, 0.1) is 6.61 Å². The highest BCUT2D eigenvalue weighted by Crippen LogP contribution is 2.41. The Balaban J connectivity index is 1.46. The minimum Gasteiger partial charge on any atom is -0.493 e. The number of ether oxygens (including phenoxy) is 1. The Bertz CT molecular complexity index is 872. The van der Waals surface area contributed by atoms with Crippen molar-refractivity contribution in [2.24, 2.45) is 5.73 Å². The van der Waals surface area contributed by atoms with Crippen molar-refractivity contribution in [1.29, 1.82) is 0 Å². The van der Waals surface area contributed by atoms with Crippen LogP contribution >= 0.6 is 0 Å². The lowest BCUT2D eigenvalue weighted by Crippen LogP contribution is -2.11. The molecule has 1 aliphatic rings. The molecule has 132 valence electrons. The summed E-state index contributed by atoms with van der Waals surface area (Å²) in [4.78, 5) is 0. The quantitative estimate of drug-likeness (QED) is 0.503. The second-order valence-corrected chi connectivity index (χ2v) is 6.94. The van der Waals surface area contributed by atoms with Crippen LogP contribution in [0.3, 0.4) is 0 Å². The van der Waals surface area contributed by atoms with Crippen molar-refractivity contribution in [2.45, 2.75) is 25.2 Å². The van der Waals surface area contributed by atoms with Gasteiger partial charge in [-0.25, -0.2) is 0 Å². The van der Waals surface area contributed by atoms with E-state index < -0.39 is 0 Å². The normalized spacial score (nSPS) is 13.1. The van der Waals surface area contributed by atoms with Crippen LogP contribution in [0, 0.1) is 0 Å². The SMILES string of the molecule is NCCC(CCOc1cccc2c1Cc1ccccc1-2)c1ccccc1. The van der Waals surface area contributed by atoms with Crippen LogP contribution in [-0.4, -0.2) is 13.2 Å². The molecular weight excluding hydrogens is 318 g/mol. The number of hydrogen-bond acceptors (Lipinski definition) is 2. The van der Waals surface area contributed by atoms with Crippen molar-refractivity contribution in [3.8, 4) is 16.9 Å². The zero-order valence-corrected chi connectivity index (χ0v) is 15.0. The van der Waals surface area contributed by atoms with Crippen molar-refractivity contribution in [3.63, 3.8) is 0 Å². The van der Waals surface area contributed by atoms with E-state index in [2.05, 4.69) is 72.8 Å². The van der Waals surface area contributed by atoms with Crippen LogP contribution in [0.15, 0.2) is 72.8 Å². The molecule has 0 radical (unpaired) electrons. The van der Waals surface area contributed by atoms with Gasteiger partial charge in [0.25, 0.3) is 0 Å². The summed E-state index contributed by atoms with van der Waals surface area (Å²) in [7, 11) is 0. The highest BCUT2D eigenvalue weighted by molar-refractivity contribution is 5.78. The maximum atomic E-state index is 6.24. The summed E-state index contributed by atoms with van der Waals surface area (Å²) in [5.41, 5.74) is 12.6. The van der Waals surface area contributed by atoms with Crippen molar-refractivity contribution in [3.05, 3.63) is 89.5 Å². The molecule has 0 aromatic heterocycles. The molecule has 0 heterocycles. The maximum Gasteiger partial charge on any atom is 0.123 e. The second-order valence-electron chi connectivity index (χ2n) is 6.94. The molecule has 4 rings (SSSR count). The predicted molar refractivity (Wildman–Crippen MR) is 108 cm³/mol. The predicted octanol–water partition coefficient (Wildman–Crippen LogP) is 5.16. The van der Waals surface area contributed by atoms with Crippen LogP contribution in [0.4, 0.5) is 0 Å².